The monoisotopic (exact) mass is 383 g/mol. The smallest absolute Gasteiger partial charge is 0.270 e. The van der Waals surface area contributed by atoms with E-state index in [0.29, 0.717) is 0 Å². The van der Waals surface area contributed by atoms with E-state index in [9.17, 15) is 4.79 Å². The van der Waals surface area contributed by atoms with Crippen LogP contribution in [-0.4, -0.2) is 45.0 Å². The first-order valence-electron chi connectivity index (χ1n) is 10.1. The van der Waals surface area contributed by atoms with Gasteiger partial charge in [-0.05, 0) is 42.9 Å². The summed E-state index contributed by atoms with van der Waals surface area (Å²) in [5.41, 5.74) is 1.92. The van der Waals surface area contributed by atoms with Gasteiger partial charge < -0.3 is 14.8 Å². The number of nitrogens with zero attached hydrogens (tertiary/aromatic N) is 4. The van der Waals surface area contributed by atoms with E-state index in [0.717, 1.165) is 55.4 Å². The van der Waals surface area contributed by atoms with Crippen LogP contribution >= 0.6 is 0 Å². The third kappa shape index (κ3) is 4.37. The van der Waals surface area contributed by atoms with Crippen LogP contribution in [0.25, 0.3) is 0 Å². The average Bonchev–Trinajstić information content (AvgIpc) is 2.98. The van der Waals surface area contributed by atoms with Crippen LogP contribution in [0.4, 0.5) is 5.82 Å². The van der Waals surface area contributed by atoms with Crippen LogP contribution in [0.1, 0.15) is 62.4 Å². The molecule has 3 rings (SSSR count). The van der Waals surface area contributed by atoms with Crippen LogP contribution in [0, 0.1) is 12.3 Å². The Balaban J connectivity index is 1.59. The van der Waals surface area contributed by atoms with Crippen molar-refractivity contribution in [2.75, 3.05) is 25.0 Å². The first-order chi connectivity index (χ1) is 13.1. The van der Waals surface area contributed by atoms with E-state index in [1.54, 1.807) is 0 Å². The van der Waals surface area contributed by atoms with E-state index < -0.39 is 0 Å². The number of likely N-dealkylation sites (tertiary alicyclic amines) is 1. The summed E-state index contributed by atoms with van der Waals surface area (Å²) in [5.74, 6) is 1.87. The number of carbonyl (C=O) groups is 1. The summed E-state index contributed by atoms with van der Waals surface area (Å²) >= 11 is 0. The number of nitrogens with one attached hydrogen (secondary N) is 1. The van der Waals surface area contributed by atoms with Gasteiger partial charge in [0.25, 0.3) is 5.91 Å². The van der Waals surface area contributed by atoms with E-state index in [-0.39, 0.29) is 16.7 Å². The van der Waals surface area contributed by atoms with Gasteiger partial charge in [-0.2, -0.15) is 0 Å². The molecule has 0 unspecified atom stereocenters. The Bertz CT molecular complexity index is 821. The van der Waals surface area contributed by atoms with E-state index in [2.05, 4.69) is 43.0 Å². The summed E-state index contributed by atoms with van der Waals surface area (Å²) in [5, 5.41) is 3.50. The second-order valence-corrected chi connectivity index (χ2v) is 9.43. The molecule has 0 radical (unpaired) electrons. The number of rotatable bonds is 4. The van der Waals surface area contributed by atoms with Crippen molar-refractivity contribution in [1.82, 2.24) is 19.4 Å². The molecule has 0 spiro atoms. The van der Waals surface area contributed by atoms with Crippen LogP contribution in [0.5, 0.6) is 0 Å². The highest BCUT2D eigenvalue weighted by Crippen LogP contribution is 2.32. The molecule has 6 heteroatoms. The van der Waals surface area contributed by atoms with Gasteiger partial charge in [0.05, 0.1) is 0 Å². The molecule has 2 aromatic rings. The predicted octanol–water partition coefficient (Wildman–Crippen LogP) is 3.78. The topological polar surface area (TPSA) is 63.1 Å². The lowest BCUT2D eigenvalue weighted by Gasteiger charge is -2.39. The SMILES string of the molecule is Cc1ccn(C)c1C(=O)N1CCC(C)(CNc2ccnc(C(C)(C)C)n2)CC1. The number of hydrogen-bond acceptors (Lipinski definition) is 4. The summed E-state index contributed by atoms with van der Waals surface area (Å²) < 4.78 is 1.93. The highest BCUT2D eigenvalue weighted by atomic mass is 16.2. The zero-order valence-corrected chi connectivity index (χ0v) is 18.0. The zero-order valence-electron chi connectivity index (χ0n) is 18.0. The second-order valence-electron chi connectivity index (χ2n) is 9.43. The fourth-order valence-electron chi connectivity index (χ4n) is 3.67. The molecule has 6 nitrogen and oxygen atoms in total. The van der Waals surface area contributed by atoms with Crippen molar-refractivity contribution >= 4 is 11.7 Å². The minimum Gasteiger partial charge on any atom is -0.369 e. The standard InChI is InChI=1S/C22H33N5O/c1-16-8-12-26(6)18(16)19(28)27-13-9-22(5,10-14-27)15-24-17-7-11-23-20(25-17)21(2,3)4/h7-8,11-12H,9-10,13-15H2,1-6H3,(H,23,24,25). The number of piperidine rings is 1. The van der Waals surface area contributed by atoms with Crippen molar-refractivity contribution in [2.45, 2.75) is 52.9 Å². The number of aryl methyl sites for hydroxylation is 2. The molecule has 1 N–H and O–H groups in total. The van der Waals surface area contributed by atoms with Gasteiger partial charge >= 0.3 is 0 Å². The first kappa shape index (κ1) is 20.4. The van der Waals surface area contributed by atoms with E-state index in [4.69, 9.17) is 0 Å². The fourth-order valence-corrected chi connectivity index (χ4v) is 3.67. The van der Waals surface area contributed by atoms with Crippen molar-refractivity contribution in [2.24, 2.45) is 12.5 Å². The molecule has 1 aliphatic heterocycles. The third-order valence-electron chi connectivity index (χ3n) is 5.76. The van der Waals surface area contributed by atoms with Crippen molar-refractivity contribution in [3.63, 3.8) is 0 Å². The minimum atomic E-state index is -0.0671. The highest BCUT2D eigenvalue weighted by Gasteiger charge is 2.33. The zero-order chi connectivity index (χ0) is 20.5. The summed E-state index contributed by atoms with van der Waals surface area (Å²) in [6.45, 7) is 13.1. The maximum absolute atomic E-state index is 12.9. The van der Waals surface area contributed by atoms with Gasteiger partial charge in [0, 0.05) is 44.5 Å². The number of anilines is 1. The quantitative estimate of drug-likeness (QED) is 0.873. The molecular weight excluding hydrogens is 350 g/mol. The van der Waals surface area contributed by atoms with E-state index in [1.807, 2.05) is 48.0 Å². The predicted molar refractivity (Wildman–Crippen MR) is 113 cm³/mol. The maximum Gasteiger partial charge on any atom is 0.270 e. The second kappa shape index (κ2) is 7.57. The molecule has 28 heavy (non-hydrogen) atoms. The van der Waals surface area contributed by atoms with Gasteiger partial charge in [0.1, 0.15) is 17.3 Å². The molecule has 0 saturated carbocycles. The van der Waals surface area contributed by atoms with E-state index in [1.165, 1.54) is 0 Å². The molecule has 2 aromatic heterocycles. The molecule has 152 valence electrons. The maximum atomic E-state index is 12.9. The van der Waals surface area contributed by atoms with Crippen molar-refractivity contribution in [3.05, 3.63) is 41.6 Å². The van der Waals surface area contributed by atoms with Crippen molar-refractivity contribution < 1.29 is 4.79 Å². The first-order valence-corrected chi connectivity index (χ1v) is 10.1. The lowest BCUT2D eigenvalue weighted by atomic mass is 9.80. The number of hydrogen-bond donors (Lipinski definition) is 1. The molecule has 1 saturated heterocycles. The largest absolute Gasteiger partial charge is 0.369 e. The Morgan fingerprint density at radius 2 is 1.93 bits per heavy atom. The number of carbonyl (C=O) groups excluding carboxylic acids is 1. The lowest BCUT2D eigenvalue weighted by Crippen LogP contribution is -2.45. The Labute approximate surface area is 168 Å². The van der Waals surface area contributed by atoms with Crippen LogP contribution in [0.15, 0.2) is 24.5 Å². The summed E-state index contributed by atoms with van der Waals surface area (Å²) in [7, 11) is 1.94. The van der Waals surface area contributed by atoms with Gasteiger partial charge in [-0.1, -0.05) is 27.7 Å². The lowest BCUT2D eigenvalue weighted by molar-refractivity contribution is 0.0612. The molecule has 3 heterocycles. The number of aromatic nitrogens is 3. The Morgan fingerprint density at radius 3 is 2.50 bits per heavy atom. The van der Waals surface area contributed by atoms with E-state index >= 15 is 0 Å². The Morgan fingerprint density at radius 1 is 1.25 bits per heavy atom. The van der Waals surface area contributed by atoms with Crippen LogP contribution in [-0.2, 0) is 12.5 Å². The fraction of sp³-hybridized carbons (Fsp3) is 0.591. The van der Waals surface area contributed by atoms with Crippen molar-refractivity contribution in [3.8, 4) is 0 Å². The van der Waals surface area contributed by atoms with Crippen LogP contribution < -0.4 is 5.32 Å². The molecule has 1 aliphatic rings. The van der Waals surface area contributed by atoms with Crippen molar-refractivity contribution in [1.29, 1.82) is 0 Å². The van der Waals surface area contributed by atoms with Gasteiger partial charge in [0.2, 0.25) is 0 Å². The highest BCUT2D eigenvalue weighted by molar-refractivity contribution is 5.94. The number of amides is 1. The molecule has 0 atom stereocenters. The van der Waals surface area contributed by atoms with Crippen LogP contribution in [0.3, 0.4) is 0 Å². The molecule has 0 aromatic carbocycles. The molecule has 0 aliphatic carbocycles. The van der Waals surface area contributed by atoms with Gasteiger partial charge in [0.15, 0.2) is 0 Å². The summed E-state index contributed by atoms with van der Waals surface area (Å²) in [6.07, 6.45) is 5.73. The van der Waals surface area contributed by atoms with Gasteiger partial charge in [-0.15, -0.1) is 0 Å². The summed E-state index contributed by atoms with van der Waals surface area (Å²) in [6, 6.07) is 3.92. The van der Waals surface area contributed by atoms with Gasteiger partial charge in [-0.25, -0.2) is 9.97 Å². The van der Waals surface area contributed by atoms with Gasteiger partial charge in [-0.3, -0.25) is 4.79 Å². The molecule has 1 fully saturated rings. The third-order valence-corrected chi connectivity index (χ3v) is 5.76. The normalized spacial score (nSPS) is 16.9. The Hall–Kier alpha value is -2.37. The van der Waals surface area contributed by atoms with Crippen LogP contribution in [0.2, 0.25) is 0 Å². The molecule has 0 bridgehead atoms. The molecule has 1 amide bonds. The average molecular weight is 384 g/mol. The summed E-state index contributed by atoms with van der Waals surface area (Å²) in [4.78, 5) is 23.9. The molecular formula is C22H33N5O. The minimum absolute atomic E-state index is 0.0671. The Kier molecular flexibility index (Phi) is 5.50.